The van der Waals surface area contributed by atoms with Gasteiger partial charge in [0.05, 0.1) is 4.08 Å². The van der Waals surface area contributed by atoms with Gasteiger partial charge in [-0.2, -0.15) is 0 Å². The molecule has 3 heteroatoms. The molecule has 23 heavy (non-hydrogen) atoms. The second-order valence-corrected chi connectivity index (χ2v) is 10.4. The normalized spacial score (nSPS) is 17.8. The van der Waals surface area contributed by atoms with Gasteiger partial charge in [-0.1, -0.05) is 51.4 Å². The first-order valence-corrected chi connectivity index (χ1v) is 11.1. The number of halogens is 1. The predicted molar refractivity (Wildman–Crippen MR) is 112 cm³/mol. The highest BCUT2D eigenvalue weighted by Crippen LogP contribution is 2.53. The molecule has 0 nitrogen and oxygen atoms in total. The lowest BCUT2D eigenvalue weighted by molar-refractivity contribution is 0.852. The van der Waals surface area contributed by atoms with E-state index < -0.39 is 0 Å². The second-order valence-electron chi connectivity index (χ2n) is 6.39. The average molecular weight is 411 g/mol. The standard InChI is InChI=1S/C20H27BrS2/c1-16(2)7-4-8-17(3)11-12-20(22-13-6-14-23-20)18-9-5-10-19(21)15-18/h5,7,9-11,15H,4,6,8,12-14H2,1-3H3/b17-11+. The second kappa shape index (κ2) is 9.39. The van der Waals surface area contributed by atoms with Crippen molar-refractivity contribution in [3.05, 3.63) is 57.6 Å². The van der Waals surface area contributed by atoms with Gasteiger partial charge in [0.2, 0.25) is 0 Å². The molecule has 0 aromatic heterocycles. The Morgan fingerprint density at radius 1 is 1.17 bits per heavy atom. The van der Waals surface area contributed by atoms with E-state index in [1.165, 1.54) is 45.5 Å². The average Bonchev–Trinajstić information content (AvgIpc) is 2.53. The van der Waals surface area contributed by atoms with Gasteiger partial charge in [0, 0.05) is 4.47 Å². The summed E-state index contributed by atoms with van der Waals surface area (Å²) in [6.45, 7) is 6.64. The molecule has 0 spiro atoms. The lowest BCUT2D eigenvalue weighted by atomic mass is 10.0. The highest BCUT2D eigenvalue weighted by Gasteiger charge is 2.34. The Hall–Kier alpha value is -0.120. The van der Waals surface area contributed by atoms with Crippen LogP contribution in [0.1, 0.15) is 52.0 Å². The minimum atomic E-state index is 0.194. The molecule has 1 heterocycles. The fraction of sp³-hybridized carbons (Fsp3) is 0.500. The Morgan fingerprint density at radius 3 is 2.57 bits per heavy atom. The third-order valence-electron chi connectivity index (χ3n) is 4.03. The van der Waals surface area contributed by atoms with Crippen LogP contribution in [0.25, 0.3) is 0 Å². The van der Waals surface area contributed by atoms with E-state index in [1.54, 1.807) is 0 Å². The Morgan fingerprint density at radius 2 is 1.91 bits per heavy atom. The number of rotatable bonds is 6. The van der Waals surface area contributed by atoms with Crippen molar-refractivity contribution in [3.8, 4) is 0 Å². The zero-order valence-electron chi connectivity index (χ0n) is 14.4. The van der Waals surface area contributed by atoms with Crippen molar-refractivity contribution >= 4 is 39.5 Å². The van der Waals surface area contributed by atoms with Crippen LogP contribution in [0.3, 0.4) is 0 Å². The fourth-order valence-electron chi connectivity index (χ4n) is 2.70. The summed E-state index contributed by atoms with van der Waals surface area (Å²) >= 11 is 7.90. The molecule has 1 aliphatic rings. The van der Waals surface area contributed by atoms with Gasteiger partial charge in [-0.3, -0.25) is 0 Å². The van der Waals surface area contributed by atoms with Crippen LogP contribution < -0.4 is 0 Å². The van der Waals surface area contributed by atoms with Crippen molar-refractivity contribution in [2.75, 3.05) is 11.5 Å². The van der Waals surface area contributed by atoms with Crippen molar-refractivity contribution in [1.82, 2.24) is 0 Å². The molecule has 0 aliphatic carbocycles. The Bertz CT molecular complexity index is 565. The van der Waals surface area contributed by atoms with Crippen molar-refractivity contribution in [2.24, 2.45) is 0 Å². The quantitative estimate of drug-likeness (QED) is 0.443. The molecule has 1 aromatic carbocycles. The lowest BCUT2D eigenvalue weighted by Gasteiger charge is -2.36. The van der Waals surface area contributed by atoms with Crippen LogP contribution in [-0.2, 0) is 4.08 Å². The van der Waals surface area contributed by atoms with Gasteiger partial charge in [-0.25, -0.2) is 0 Å². The third-order valence-corrected chi connectivity index (χ3v) is 7.96. The Labute approximate surface area is 158 Å². The summed E-state index contributed by atoms with van der Waals surface area (Å²) in [6, 6.07) is 8.89. The van der Waals surface area contributed by atoms with Gasteiger partial charge in [-0.15, -0.1) is 23.5 Å². The lowest BCUT2D eigenvalue weighted by Crippen LogP contribution is -2.22. The van der Waals surface area contributed by atoms with E-state index in [0.29, 0.717) is 0 Å². The van der Waals surface area contributed by atoms with Crippen molar-refractivity contribution in [2.45, 2.75) is 50.5 Å². The topological polar surface area (TPSA) is 0 Å². The van der Waals surface area contributed by atoms with E-state index >= 15 is 0 Å². The summed E-state index contributed by atoms with van der Waals surface area (Å²) in [4.78, 5) is 0. The summed E-state index contributed by atoms with van der Waals surface area (Å²) in [5, 5.41) is 0. The maximum Gasteiger partial charge on any atom is 0.0894 e. The highest BCUT2D eigenvalue weighted by atomic mass is 79.9. The van der Waals surface area contributed by atoms with Crippen molar-refractivity contribution < 1.29 is 0 Å². The number of hydrogen-bond acceptors (Lipinski definition) is 2. The zero-order valence-corrected chi connectivity index (χ0v) is 17.6. The van der Waals surface area contributed by atoms with Crippen LogP contribution in [0.5, 0.6) is 0 Å². The van der Waals surface area contributed by atoms with Crippen molar-refractivity contribution in [3.63, 3.8) is 0 Å². The van der Waals surface area contributed by atoms with Crippen LogP contribution in [0.2, 0.25) is 0 Å². The summed E-state index contributed by atoms with van der Waals surface area (Å²) in [5.41, 5.74) is 4.39. The molecule has 0 bridgehead atoms. The summed E-state index contributed by atoms with van der Waals surface area (Å²) in [7, 11) is 0. The van der Waals surface area contributed by atoms with Crippen LogP contribution in [0.15, 0.2) is 52.0 Å². The molecule has 0 radical (unpaired) electrons. The van der Waals surface area contributed by atoms with Crippen LogP contribution in [0.4, 0.5) is 0 Å². The maximum absolute atomic E-state index is 3.64. The maximum atomic E-state index is 3.64. The number of thioether (sulfide) groups is 2. The number of allylic oxidation sites excluding steroid dienone is 4. The highest BCUT2D eigenvalue weighted by molar-refractivity contribution is 9.10. The smallest absolute Gasteiger partial charge is 0.0894 e. The van der Waals surface area contributed by atoms with Crippen LogP contribution in [-0.4, -0.2) is 11.5 Å². The molecule has 0 saturated carbocycles. The fourth-order valence-corrected chi connectivity index (χ4v) is 6.34. The molecule has 0 amide bonds. The van der Waals surface area contributed by atoms with E-state index in [0.717, 1.165) is 12.8 Å². The van der Waals surface area contributed by atoms with E-state index in [2.05, 4.69) is 96.6 Å². The van der Waals surface area contributed by atoms with E-state index in [9.17, 15) is 0 Å². The molecular formula is C20H27BrS2. The molecule has 0 atom stereocenters. The van der Waals surface area contributed by atoms with Crippen LogP contribution >= 0.6 is 39.5 Å². The minimum absolute atomic E-state index is 0.194. The molecule has 1 fully saturated rings. The van der Waals surface area contributed by atoms with Gasteiger partial charge in [0.15, 0.2) is 0 Å². The third kappa shape index (κ3) is 6.03. The Balaban J connectivity index is 2.11. The first-order chi connectivity index (χ1) is 11.0. The van der Waals surface area contributed by atoms with Gasteiger partial charge in [-0.05, 0) is 75.7 Å². The SMILES string of the molecule is CC(C)=CCC/C(C)=C/CC1(c2cccc(Br)c2)SCCCS1. The summed E-state index contributed by atoms with van der Waals surface area (Å²) in [6.07, 6.45) is 9.61. The molecule has 0 N–H and O–H groups in total. The molecule has 126 valence electrons. The first-order valence-electron chi connectivity index (χ1n) is 8.35. The van der Waals surface area contributed by atoms with E-state index in [4.69, 9.17) is 0 Å². The molecule has 1 aromatic rings. The Kier molecular flexibility index (Phi) is 7.84. The van der Waals surface area contributed by atoms with Crippen LogP contribution in [0, 0.1) is 0 Å². The largest absolute Gasteiger partial charge is 0.139 e. The molecule has 2 rings (SSSR count). The van der Waals surface area contributed by atoms with Gasteiger partial charge in [0.25, 0.3) is 0 Å². The van der Waals surface area contributed by atoms with Gasteiger partial charge < -0.3 is 0 Å². The molecule has 1 aliphatic heterocycles. The van der Waals surface area contributed by atoms with Gasteiger partial charge in [0.1, 0.15) is 0 Å². The summed E-state index contributed by atoms with van der Waals surface area (Å²) < 4.78 is 1.38. The minimum Gasteiger partial charge on any atom is -0.139 e. The molecule has 0 unspecified atom stereocenters. The first kappa shape index (κ1) is 19.2. The van der Waals surface area contributed by atoms with E-state index in [1.807, 2.05) is 0 Å². The van der Waals surface area contributed by atoms with Crippen molar-refractivity contribution in [1.29, 1.82) is 0 Å². The molecule has 1 saturated heterocycles. The number of hydrogen-bond donors (Lipinski definition) is 0. The zero-order chi connectivity index (χ0) is 16.7. The van der Waals surface area contributed by atoms with E-state index in [-0.39, 0.29) is 4.08 Å². The predicted octanol–water partition coefficient (Wildman–Crippen LogP) is 7.55. The molecular weight excluding hydrogens is 384 g/mol. The number of benzene rings is 1. The summed E-state index contributed by atoms with van der Waals surface area (Å²) in [5.74, 6) is 2.54. The monoisotopic (exact) mass is 410 g/mol. The van der Waals surface area contributed by atoms with Gasteiger partial charge >= 0.3 is 0 Å².